The van der Waals surface area contributed by atoms with E-state index in [1.165, 1.54) is 19.2 Å². The Balaban J connectivity index is 0.00000192. The average molecular weight is 317 g/mol. The van der Waals surface area contributed by atoms with Gasteiger partial charge in [0.2, 0.25) is 0 Å². The van der Waals surface area contributed by atoms with Gasteiger partial charge in [0.25, 0.3) is 0 Å². The van der Waals surface area contributed by atoms with Crippen molar-refractivity contribution in [3.63, 3.8) is 0 Å². The minimum absolute atomic E-state index is 0. The van der Waals surface area contributed by atoms with Crippen molar-refractivity contribution >= 4 is 12.0 Å². The van der Waals surface area contributed by atoms with Crippen molar-refractivity contribution < 1.29 is 18.6 Å². The van der Waals surface area contributed by atoms with Crippen molar-refractivity contribution in [3.8, 4) is 0 Å². The first-order chi connectivity index (χ1) is 10.7. The number of hydrogen-bond donors (Lipinski definition) is 1. The van der Waals surface area contributed by atoms with Gasteiger partial charge in [-0.15, -0.1) is 0 Å². The SMILES string of the molecule is COC(=O)C1=Cc2ccccc2CNC1c1cccc(F)c1.F. The fraction of sp³-hybridized carbons (Fsp3) is 0.167. The molecule has 3 nitrogen and oxygen atoms in total. The largest absolute Gasteiger partial charge is 0.466 e. The van der Waals surface area contributed by atoms with E-state index in [1.807, 2.05) is 30.3 Å². The molecule has 1 atom stereocenters. The van der Waals surface area contributed by atoms with Gasteiger partial charge in [-0.2, -0.15) is 0 Å². The molecule has 2 aromatic carbocycles. The first-order valence-electron chi connectivity index (χ1n) is 7.05. The number of methoxy groups -OCH3 is 1. The molecule has 5 heteroatoms. The molecule has 0 saturated carbocycles. The van der Waals surface area contributed by atoms with Crippen LogP contribution in [0.2, 0.25) is 0 Å². The molecule has 1 aliphatic heterocycles. The van der Waals surface area contributed by atoms with Crippen LogP contribution in [0, 0.1) is 5.82 Å². The van der Waals surface area contributed by atoms with Crippen molar-refractivity contribution in [2.75, 3.05) is 7.11 Å². The maximum Gasteiger partial charge on any atom is 0.335 e. The first-order valence-corrected chi connectivity index (χ1v) is 7.05. The van der Waals surface area contributed by atoms with E-state index >= 15 is 0 Å². The van der Waals surface area contributed by atoms with Crippen molar-refractivity contribution in [3.05, 3.63) is 76.6 Å². The number of hydrogen-bond acceptors (Lipinski definition) is 3. The van der Waals surface area contributed by atoms with Crippen molar-refractivity contribution in [2.45, 2.75) is 12.6 Å². The molecule has 0 amide bonds. The Bertz CT molecular complexity index is 743. The molecule has 0 spiro atoms. The summed E-state index contributed by atoms with van der Waals surface area (Å²) in [4.78, 5) is 12.2. The van der Waals surface area contributed by atoms with E-state index in [0.717, 1.165) is 11.1 Å². The Morgan fingerprint density at radius 2 is 2.00 bits per heavy atom. The summed E-state index contributed by atoms with van der Waals surface area (Å²) in [6.45, 7) is 0.592. The molecule has 0 saturated heterocycles. The number of halogens is 2. The van der Waals surface area contributed by atoms with Gasteiger partial charge < -0.3 is 10.1 Å². The molecule has 3 rings (SSSR count). The van der Waals surface area contributed by atoms with E-state index in [0.29, 0.717) is 17.7 Å². The maximum absolute atomic E-state index is 13.5. The van der Waals surface area contributed by atoms with E-state index in [-0.39, 0.29) is 10.5 Å². The monoisotopic (exact) mass is 317 g/mol. The molecule has 0 fully saturated rings. The highest BCUT2D eigenvalue weighted by molar-refractivity contribution is 5.95. The molecule has 2 aromatic rings. The molecular formula is C18H17F2NO2. The lowest BCUT2D eigenvalue weighted by Crippen LogP contribution is -2.25. The third kappa shape index (κ3) is 3.46. The molecule has 0 aromatic heterocycles. The number of nitrogens with one attached hydrogen (secondary N) is 1. The summed E-state index contributed by atoms with van der Waals surface area (Å²) in [6.07, 6.45) is 1.82. The normalized spacial score (nSPS) is 16.4. The fourth-order valence-electron chi connectivity index (χ4n) is 2.69. The van der Waals surface area contributed by atoms with Gasteiger partial charge in [-0.25, -0.2) is 9.18 Å². The van der Waals surface area contributed by atoms with Crippen molar-refractivity contribution in [2.24, 2.45) is 0 Å². The summed E-state index contributed by atoms with van der Waals surface area (Å²) < 4.78 is 18.4. The Morgan fingerprint density at radius 3 is 2.74 bits per heavy atom. The van der Waals surface area contributed by atoms with Crippen LogP contribution in [0.25, 0.3) is 6.08 Å². The highest BCUT2D eigenvalue weighted by atomic mass is 19.1. The van der Waals surface area contributed by atoms with Crippen LogP contribution in [0.15, 0.2) is 54.1 Å². The van der Waals surface area contributed by atoms with Gasteiger partial charge >= 0.3 is 5.97 Å². The molecule has 1 aliphatic rings. The quantitative estimate of drug-likeness (QED) is 0.863. The zero-order valence-corrected chi connectivity index (χ0v) is 12.6. The number of carbonyl (C=O) groups excluding carboxylic acids is 1. The topological polar surface area (TPSA) is 38.3 Å². The van der Waals surface area contributed by atoms with E-state index in [4.69, 9.17) is 4.74 Å². The highest BCUT2D eigenvalue weighted by Crippen LogP contribution is 2.29. The van der Waals surface area contributed by atoms with Crippen LogP contribution in [0.4, 0.5) is 9.09 Å². The number of esters is 1. The number of ether oxygens (including phenoxy) is 1. The van der Waals surface area contributed by atoms with E-state index in [9.17, 15) is 9.18 Å². The minimum atomic E-state index is -0.418. The predicted octanol–water partition coefficient (Wildman–Crippen LogP) is 3.38. The van der Waals surface area contributed by atoms with Crippen molar-refractivity contribution in [1.82, 2.24) is 5.32 Å². The second kappa shape index (κ2) is 7.15. The Morgan fingerprint density at radius 1 is 1.22 bits per heavy atom. The third-order valence-electron chi connectivity index (χ3n) is 3.78. The van der Waals surface area contributed by atoms with Gasteiger partial charge in [0.05, 0.1) is 18.7 Å². The van der Waals surface area contributed by atoms with Crippen LogP contribution >= 0.6 is 0 Å². The number of rotatable bonds is 2. The zero-order chi connectivity index (χ0) is 15.5. The molecule has 1 N–H and O–H groups in total. The third-order valence-corrected chi connectivity index (χ3v) is 3.78. The van der Waals surface area contributed by atoms with Crippen LogP contribution in [-0.4, -0.2) is 13.1 Å². The van der Waals surface area contributed by atoms with Gasteiger partial charge in [0.15, 0.2) is 0 Å². The molecule has 0 bridgehead atoms. The van der Waals surface area contributed by atoms with Gasteiger partial charge in [0.1, 0.15) is 5.82 Å². The number of carbonyl (C=O) groups is 1. The summed E-state index contributed by atoms with van der Waals surface area (Å²) in [5.74, 6) is -0.747. The maximum atomic E-state index is 13.5. The average Bonchev–Trinajstić information content (AvgIpc) is 2.73. The predicted molar refractivity (Wildman–Crippen MR) is 84.9 cm³/mol. The van der Waals surface area contributed by atoms with Gasteiger partial charge in [0, 0.05) is 6.54 Å². The highest BCUT2D eigenvalue weighted by Gasteiger charge is 2.26. The summed E-state index contributed by atoms with van der Waals surface area (Å²) in [5, 5.41) is 3.31. The van der Waals surface area contributed by atoms with E-state index in [1.54, 1.807) is 12.1 Å². The lowest BCUT2D eigenvalue weighted by atomic mass is 9.97. The number of benzene rings is 2. The summed E-state index contributed by atoms with van der Waals surface area (Å²) in [6, 6.07) is 13.7. The van der Waals surface area contributed by atoms with Gasteiger partial charge in [-0.1, -0.05) is 36.4 Å². The minimum Gasteiger partial charge on any atom is -0.466 e. The molecule has 23 heavy (non-hydrogen) atoms. The van der Waals surface area contributed by atoms with Crippen LogP contribution in [-0.2, 0) is 16.1 Å². The molecule has 120 valence electrons. The molecule has 1 unspecified atom stereocenters. The van der Waals surface area contributed by atoms with Crippen LogP contribution in [0.1, 0.15) is 22.7 Å². The van der Waals surface area contributed by atoms with Gasteiger partial charge in [-0.05, 0) is 34.9 Å². The summed E-state index contributed by atoms with van der Waals surface area (Å²) in [7, 11) is 1.35. The smallest absolute Gasteiger partial charge is 0.335 e. The zero-order valence-electron chi connectivity index (χ0n) is 12.6. The second-order valence-corrected chi connectivity index (χ2v) is 5.16. The van der Waals surface area contributed by atoms with Crippen LogP contribution in [0.5, 0.6) is 0 Å². The Kier molecular flexibility index (Phi) is 5.24. The lowest BCUT2D eigenvalue weighted by Gasteiger charge is -2.19. The fourth-order valence-corrected chi connectivity index (χ4v) is 2.69. The molecule has 1 heterocycles. The van der Waals surface area contributed by atoms with E-state index in [2.05, 4.69) is 5.32 Å². The molecule has 0 aliphatic carbocycles. The van der Waals surface area contributed by atoms with Crippen LogP contribution < -0.4 is 5.32 Å². The Hall–Kier alpha value is -2.53. The first kappa shape index (κ1) is 16.8. The molecule has 0 radical (unpaired) electrons. The summed E-state index contributed by atoms with van der Waals surface area (Å²) in [5.41, 5.74) is 3.22. The standard InChI is InChI=1S/C18H16FNO2.FH/c1-22-18(21)16-10-12-5-2-3-6-14(12)11-20-17(16)13-7-4-8-15(19)9-13;/h2-10,17,20H,11H2,1H3;1H. The van der Waals surface area contributed by atoms with Crippen LogP contribution in [0.3, 0.4) is 0 Å². The Labute approximate surface area is 133 Å². The second-order valence-electron chi connectivity index (χ2n) is 5.16. The van der Waals surface area contributed by atoms with Gasteiger partial charge in [-0.3, -0.25) is 4.70 Å². The van der Waals surface area contributed by atoms with Crippen molar-refractivity contribution in [1.29, 1.82) is 0 Å². The molecular weight excluding hydrogens is 300 g/mol. The number of fused-ring (bicyclic) bond motifs is 1. The summed E-state index contributed by atoms with van der Waals surface area (Å²) >= 11 is 0. The lowest BCUT2D eigenvalue weighted by molar-refractivity contribution is -0.136. The van der Waals surface area contributed by atoms with E-state index < -0.39 is 12.0 Å².